The highest BCUT2D eigenvalue weighted by Crippen LogP contribution is 2.33. The molecule has 1 heterocycles. The molecule has 0 amide bonds. The summed E-state index contributed by atoms with van der Waals surface area (Å²) in [4.78, 5) is 0. The minimum absolute atomic E-state index is 0.549. The van der Waals surface area contributed by atoms with E-state index >= 15 is 0 Å². The van der Waals surface area contributed by atoms with E-state index in [1.165, 1.54) is 50.5 Å². The van der Waals surface area contributed by atoms with Crippen LogP contribution in [0.4, 0.5) is 0 Å². The summed E-state index contributed by atoms with van der Waals surface area (Å²) in [6, 6.07) is 12.6. The summed E-state index contributed by atoms with van der Waals surface area (Å²) in [6.07, 6.45) is 9.62. The van der Waals surface area contributed by atoms with Gasteiger partial charge in [0.2, 0.25) is 5.88 Å². The van der Waals surface area contributed by atoms with Crippen molar-refractivity contribution < 1.29 is 4.74 Å². The van der Waals surface area contributed by atoms with Gasteiger partial charge in [0, 0.05) is 11.6 Å². The van der Waals surface area contributed by atoms with Gasteiger partial charge in [0.25, 0.3) is 0 Å². The topological polar surface area (TPSA) is 35.0 Å². The zero-order valence-electron chi connectivity index (χ0n) is 14.9. The fraction of sp³-hybridized carbons (Fsp3) is 0.524. The molecule has 1 saturated carbocycles. The van der Waals surface area contributed by atoms with Crippen LogP contribution >= 0.6 is 0 Å². The van der Waals surface area contributed by atoms with Crippen LogP contribution in [0.2, 0.25) is 0 Å². The summed E-state index contributed by atoms with van der Waals surface area (Å²) >= 11 is 0. The zero-order valence-corrected chi connectivity index (χ0v) is 14.9. The Morgan fingerprint density at radius 2 is 1.62 bits per heavy atom. The molecule has 1 aromatic heterocycles. The minimum atomic E-state index is 0.549. The summed E-state index contributed by atoms with van der Waals surface area (Å²) < 4.78 is 5.05. The summed E-state index contributed by atoms with van der Waals surface area (Å²) in [5, 5.41) is 8.24. The van der Waals surface area contributed by atoms with Gasteiger partial charge in [-0.25, -0.2) is 0 Å². The van der Waals surface area contributed by atoms with Gasteiger partial charge in [0.1, 0.15) is 0 Å². The molecule has 0 atom stereocenters. The molecule has 0 bridgehead atoms. The van der Waals surface area contributed by atoms with Crippen LogP contribution in [0, 0.1) is 11.8 Å². The van der Waals surface area contributed by atoms with E-state index in [1.807, 2.05) is 12.1 Å². The van der Waals surface area contributed by atoms with E-state index in [2.05, 4.69) is 41.4 Å². The Labute approximate surface area is 145 Å². The Bertz CT molecular complexity index is 613. The molecular formula is C21H28N2O. The predicted octanol–water partition coefficient (Wildman–Crippen LogP) is 5.30. The van der Waals surface area contributed by atoms with E-state index in [0.717, 1.165) is 23.1 Å². The lowest BCUT2D eigenvalue weighted by Crippen LogP contribution is -2.14. The monoisotopic (exact) mass is 324 g/mol. The van der Waals surface area contributed by atoms with Crippen LogP contribution in [-0.4, -0.2) is 17.3 Å². The quantitative estimate of drug-likeness (QED) is 0.723. The molecule has 24 heavy (non-hydrogen) atoms. The number of aryl methyl sites for hydroxylation is 1. The highest BCUT2D eigenvalue weighted by Gasteiger charge is 2.19. The van der Waals surface area contributed by atoms with Crippen molar-refractivity contribution in [3.05, 3.63) is 42.0 Å². The molecule has 1 fully saturated rings. The Hall–Kier alpha value is -1.90. The molecular weight excluding hydrogens is 296 g/mol. The van der Waals surface area contributed by atoms with Crippen molar-refractivity contribution in [3.63, 3.8) is 0 Å². The summed E-state index contributed by atoms with van der Waals surface area (Å²) in [5.74, 6) is 2.47. The van der Waals surface area contributed by atoms with Gasteiger partial charge in [0.05, 0.1) is 12.8 Å². The predicted molar refractivity (Wildman–Crippen MR) is 98.1 cm³/mol. The number of ether oxygens (including phenoxy) is 1. The van der Waals surface area contributed by atoms with Crippen molar-refractivity contribution in [1.82, 2.24) is 10.2 Å². The van der Waals surface area contributed by atoms with Gasteiger partial charge < -0.3 is 4.74 Å². The summed E-state index contributed by atoms with van der Waals surface area (Å²) in [5.41, 5.74) is 3.43. The van der Waals surface area contributed by atoms with Gasteiger partial charge in [-0.1, -0.05) is 63.3 Å². The van der Waals surface area contributed by atoms with Crippen LogP contribution in [0.3, 0.4) is 0 Å². The molecule has 1 aliphatic rings. The van der Waals surface area contributed by atoms with Crippen molar-refractivity contribution in [3.8, 4) is 17.1 Å². The molecule has 0 radical (unpaired) electrons. The van der Waals surface area contributed by atoms with Crippen LogP contribution in [0.5, 0.6) is 5.88 Å². The van der Waals surface area contributed by atoms with Crippen LogP contribution in [0.1, 0.15) is 51.0 Å². The maximum absolute atomic E-state index is 5.05. The lowest BCUT2D eigenvalue weighted by molar-refractivity contribution is 0.259. The third-order valence-corrected chi connectivity index (χ3v) is 5.48. The SMILES string of the molecule is CCC1CCC(CCc2ccc(-c3ccc(OC)nn3)cc2)CC1. The largest absolute Gasteiger partial charge is 0.480 e. The van der Waals surface area contributed by atoms with Crippen LogP contribution in [0.25, 0.3) is 11.3 Å². The molecule has 0 N–H and O–H groups in total. The first-order valence-corrected chi connectivity index (χ1v) is 9.25. The Balaban J connectivity index is 1.53. The summed E-state index contributed by atoms with van der Waals surface area (Å²) in [7, 11) is 1.60. The zero-order chi connectivity index (χ0) is 16.8. The third kappa shape index (κ3) is 4.34. The standard InChI is InChI=1S/C21H28N2O/c1-3-16-4-6-17(7-5-16)8-9-18-10-12-19(13-11-18)20-14-15-21(24-2)23-22-20/h10-17H,3-9H2,1-2H3. The highest BCUT2D eigenvalue weighted by atomic mass is 16.5. The second-order valence-electron chi connectivity index (χ2n) is 6.99. The first-order valence-electron chi connectivity index (χ1n) is 9.25. The van der Waals surface area contributed by atoms with Crippen LogP contribution < -0.4 is 4.74 Å². The van der Waals surface area contributed by atoms with Crippen molar-refractivity contribution in [2.75, 3.05) is 7.11 Å². The molecule has 0 saturated heterocycles. The van der Waals surface area contributed by atoms with E-state index in [1.54, 1.807) is 7.11 Å². The minimum Gasteiger partial charge on any atom is -0.480 e. The lowest BCUT2D eigenvalue weighted by Gasteiger charge is -2.27. The smallest absolute Gasteiger partial charge is 0.233 e. The van der Waals surface area contributed by atoms with Gasteiger partial charge in [-0.2, -0.15) is 0 Å². The fourth-order valence-electron chi connectivity index (χ4n) is 3.72. The van der Waals surface area contributed by atoms with Crippen molar-refractivity contribution in [1.29, 1.82) is 0 Å². The van der Waals surface area contributed by atoms with Crippen LogP contribution in [0.15, 0.2) is 36.4 Å². The molecule has 128 valence electrons. The molecule has 0 aliphatic heterocycles. The molecule has 0 spiro atoms. The third-order valence-electron chi connectivity index (χ3n) is 5.48. The van der Waals surface area contributed by atoms with Crippen molar-refractivity contribution in [2.24, 2.45) is 11.8 Å². The van der Waals surface area contributed by atoms with E-state index in [-0.39, 0.29) is 0 Å². The van der Waals surface area contributed by atoms with Crippen molar-refractivity contribution >= 4 is 0 Å². The number of nitrogens with zero attached hydrogens (tertiary/aromatic N) is 2. The van der Waals surface area contributed by atoms with Crippen molar-refractivity contribution in [2.45, 2.75) is 51.9 Å². The summed E-state index contributed by atoms with van der Waals surface area (Å²) in [6.45, 7) is 2.33. The van der Waals surface area contributed by atoms with E-state index in [4.69, 9.17) is 4.74 Å². The van der Waals surface area contributed by atoms with E-state index in [0.29, 0.717) is 5.88 Å². The lowest BCUT2D eigenvalue weighted by atomic mass is 9.78. The average Bonchev–Trinajstić information content (AvgIpc) is 2.67. The Kier molecular flexibility index (Phi) is 5.84. The van der Waals surface area contributed by atoms with Gasteiger partial charge in [0.15, 0.2) is 0 Å². The first kappa shape index (κ1) is 16.9. The maximum atomic E-state index is 5.05. The fourth-order valence-corrected chi connectivity index (χ4v) is 3.72. The molecule has 1 aromatic carbocycles. The molecule has 3 rings (SSSR count). The molecule has 3 nitrogen and oxygen atoms in total. The van der Waals surface area contributed by atoms with Gasteiger partial charge in [-0.15, -0.1) is 10.2 Å². The molecule has 1 aliphatic carbocycles. The molecule has 0 unspecified atom stereocenters. The second-order valence-corrected chi connectivity index (χ2v) is 6.99. The van der Waals surface area contributed by atoms with E-state index < -0.39 is 0 Å². The number of benzene rings is 1. The van der Waals surface area contributed by atoms with E-state index in [9.17, 15) is 0 Å². The number of methoxy groups -OCH3 is 1. The number of hydrogen-bond acceptors (Lipinski definition) is 3. The van der Waals surface area contributed by atoms with Crippen LogP contribution in [-0.2, 0) is 6.42 Å². The maximum Gasteiger partial charge on any atom is 0.233 e. The van der Waals surface area contributed by atoms with Gasteiger partial charge >= 0.3 is 0 Å². The highest BCUT2D eigenvalue weighted by molar-refractivity contribution is 5.58. The van der Waals surface area contributed by atoms with Gasteiger partial charge in [-0.05, 0) is 36.3 Å². The second kappa shape index (κ2) is 8.27. The normalized spacial score (nSPS) is 20.8. The first-order chi connectivity index (χ1) is 11.8. The number of aromatic nitrogens is 2. The molecule has 3 heteroatoms. The number of hydrogen-bond donors (Lipinski definition) is 0. The molecule has 2 aromatic rings. The Morgan fingerprint density at radius 1 is 0.917 bits per heavy atom. The Morgan fingerprint density at radius 3 is 2.21 bits per heavy atom. The average molecular weight is 324 g/mol. The number of rotatable bonds is 6. The van der Waals surface area contributed by atoms with Gasteiger partial charge in [-0.3, -0.25) is 0 Å².